The number of piperidine rings is 1. The van der Waals surface area contributed by atoms with Crippen molar-refractivity contribution in [3.63, 3.8) is 0 Å². The average Bonchev–Trinajstić information content (AvgIpc) is 3.19. The van der Waals surface area contributed by atoms with Gasteiger partial charge in [-0.1, -0.05) is 41.9 Å². The minimum absolute atomic E-state index is 0.00380. The third-order valence-corrected chi connectivity index (χ3v) is 6.02. The van der Waals surface area contributed by atoms with E-state index in [1.807, 2.05) is 53.6 Å². The number of benzene rings is 2. The lowest BCUT2D eigenvalue weighted by atomic mass is 9.96. The van der Waals surface area contributed by atoms with Gasteiger partial charge in [0.25, 0.3) is 0 Å². The molecule has 1 saturated heterocycles. The van der Waals surface area contributed by atoms with E-state index >= 15 is 0 Å². The van der Waals surface area contributed by atoms with Crippen molar-refractivity contribution < 1.29 is 9.59 Å². The summed E-state index contributed by atoms with van der Waals surface area (Å²) in [6.07, 6.45) is 4.81. The summed E-state index contributed by atoms with van der Waals surface area (Å²) >= 11 is 6.00. The zero-order valence-corrected chi connectivity index (χ0v) is 17.6. The second-order valence-electron chi connectivity index (χ2n) is 7.89. The van der Waals surface area contributed by atoms with Crippen LogP contribution in [-0.2, 0) is 22.6 Å². The van der Waals surface area contributed by atoms with Crippen LogP contribution in [0.2, 0.25) is 5.02 Å². The number of carbonyl (C=O) groups is 2. The lowest BCUT2D eigenvalue weighted by Gasteiger charge is -2.32. The molecule has 3 aromatic rings. The number of nitrogens with one attached hydrogen (secondary N) is 2. The highest BCUT2D eigenvalue weighted by Gasteiger charge is 2.28. The Balaban J connectivity index is 1.29. The number of carbonyl (C=O) groups excluding carboxylic acids is 2. The van der Waals surface area contributed by atoms with Gasteiger partial charge in [-0.2, -0.15) is 0 Å². The molecule has 4 rings (SSSR count). The van der Waals surface area contributed by atoms with E-state index in [1.165, 1.54) is 5.39 Å². The van der Waals surface area contributed by atoms with Gasteiger partial charge in [-0.3, -0.25) is 9.59 Å². The molecule has 0 unspecified atom stereocenters. The van der Waals surface area contributed by atoms with E-state index in [4.69, 9.17) is 11.6 Å². The number of hydrogen-bond donors (Lipinski definition) is 2. The van der Waals surface area contributed by atoms with Crippen molar-refractivity contribution >= 4 is 34.3 Å². The summed E-state index contributed by atoms with van der Waals surface area (Å²) in [6, 6.07) is 15.6. The van der Waals surface area contributed by atoms with Crippen LogP contribution in [0, 0.1) is 5.92 Å². The third kappa shape index (κ3) is 4.85. The summed E-state index contributed by atoms with van der Waals surface area (Å²) in [7, 11) is 0. The molecular weight excluding hydrogens is 398 g/mol. The van der Waals surface area contributed by atoms with Crippen LogP contribution in [0.25, 0.3) is 10.9 Å². The predicted octanol–water partition coefficient (Wildman–Crippen LogP) is 4.31. The van der Waals surface area contributed by atoms with Gasteiger partial charge in [0.05, 0.1) is 5.92 Å². The van der Waals surface area contributed by atoms with Crippen LogP contribution in [0.4, 0.5) is 0 Å². The Labute approximate surface area is 181 Å². The fraction of sp³-hybridized carbons (Fsp3) is 0.333. The third-order valence-electron chi connectivity index (χ3n) is 5.78. The van der Waals surface area contributed by atoms with E-state index < -0.39 is 0 Å². The first-order chi connectivity index (χ1) is 14.6. The zero-order valence-electron chi connectivity index (χ0n) is 16.9. The predicted molar refractivity (Wildman–Crippen MR) is 119 cm³/mol. The summed E-state index contributed by atoms with van der Waals surface area (Å²) < 4.78 is 0. The normalized spacial score (nSPS) is 16.6. The van der Waals surface area contributed by atoms with Crippen molar-refractivity contribution in [3.8, 4) is 0 Å². The zero-order chi connectivity index (χ0) is 20.9. The second kappa shape index (κ2) is 9.35. The molecule has 0 saturated carbocycles. The van der Waals surface area contributed by atoms with Crippen LogP contribution in [0.3, 0.4) is 0 Å². The molecule has 0 aliphatic carbocycles. The summed E-state index contributed by atoms with van der Waals surface area (Å²) in [5.41, 5.74) is 3.22. The molecule has 2 amide bonds. The SMILES string of the molecule is O=C(NCc1cccc(Cl)c1)[C@H]1CCCN(C(=O)CCc2c[nH]c3ccccc23)C1. The maximum atomic E-state index is 12.8. The van der Waals surface area contributed by atoms with Gasteiger partial charge in [-0.25, -0.2) is 0 Å². The summed E-state index contributed by atoms with van der Waals surface area (Å²) in [5.74, 6) is -0.0355. The number of amides is 2. The van der Waals surface area contributed by atoms with Crippen LogP contribution in [-0.4, -0.2) is 34.8 Å². The van der Waals surface area contributed by atoms with Crippen LogP contribution in [0.15, 0.2) is 54.7 Å². The van der Waals surface area contributed by atoms with Gasteiger partial charge < -0.3 is 15.2 Å². The van der Waals surface area contributed by atoms with Gasteiger partial charge in [-0.15, -0.1) is 0 Å². The molecule has 156 valence electrons. The van der Waals surface area contributed by atoms with Crippen LogP contribution in [0.1, 0.15) is 30.4 Å². The first-order valence-corrected chi connectivity index (χ1v) is 10.8. The number of H-pyrrole nitrogens is 1. The van der Waals surface area contributed by atoms with Crippen molar-refractivity contribution in [2.24, 2.45) is 5.92 Å². The number of rotatable bonds is 6. The number of aromatic nitrogens is 1. The first kappa shape index (κ1) is 20.5. The first-order valence-electron chi connectivity index (χ1n) is 10.4. The molecule has 0 spiro atoms. The quantitative estimate of drug-likeness (QED) is 0.620. The largest absolute Gasteiger partial charge is 0.361 e. The van der Waals surface area contributed by atoms with Gasteiger partial charge in [0.2, 0.25) is 11.8 Å². The summed E-state index contributed by atoms with van der Waals surface area (Å²) in [5, 5.41) is 4.82. The monoisotopic (exact) mass is 423 g/mol. The Hall–Kier alpha value is -2.79. The second-order valence-corrected chi connectivity index (χ2v) is 8.32. The molecule has 0 bridgehead atoms. The van der Waals surface area contributed by atoms with Gasteiger partial charge in [0.15, 0.2) is 0 Å². The number of aryl methyl sites for hydroxylation is 1. The molecule has 1 fully saturated rings. The minimum atomic E-state index is -0.157. The number of fused-ring (bicyclic) bond motifs is 1. The van der Waals surface area contributed by atoms with Gasteiger partial charge in [0, 0.05) is 48.2 Å². The van der Waals surface area contributed by atoms with E-state index in [0.717, 1.165) is 36.0 Å². The highest BCUT2D eigenvalue weighted by molar-refractivity contribution is 6.30. The van der Waals surface area contributed by atoms with Crippen LogP contribution < -0.4 is 5.32 Å². The van der Waals surface area contributed by atoms with Crippen molar-refractivity contribution in [1.82, 2.24) is 15.2 Å². The maximum absolute atomic E-state index is 12.8. The minimum Gasteiger partial charge on any atom is -0.361 e. The fourth-order valence-corrected chi connectivity index (χ4v) is 4.35. The fourth-order valence-electron chi connectivity index (χ4n) is 4.14. The number of aromatic amines is 1. The smallest absolute Gasteiger partial charge is 0.225 e. The lowest BCUT2D eigenvalue weighted by Crippen LogP contribution is -2.45. The molecule has 0 radical (unpaired) electrons. The molecule has 2 N–H and O–H groups in total. The number of nitrogens with zero attached hydrogens (tertiary/aromatic N) is 1. The maximum Gasteiger partial charge on any atom is 0.225 e. The van der Waals surface area contributed by atoms with Crippen molar-refractivity contribution in [1.29, 1.82) is 0 Å². The molecule has 1 atom stereocenters. The Bertz CT molecular complexity index is 1050. The Morgan fingerprint density at radius 2 is 2.03 bits per heavy atom. The number of para-hydroxylation sites is 1. The molecule has 1 aliphatic rings. The summed E-state index contributed by atoms with van der Waals surface area (Å²) in [4.78, 5) is 30.5. The number of halogens is 1. The standard InChI is InChI=1S/C24H26ClN3O2/c25-20-7-3-5-17(13-20)14-27-24(30)19-6-4-12-28(16-19)23(29)11-10-18-15-26-22-9-2-1-8-21(18)22/h1-3,5,7-9,13,15,19,26H,4,6,10-12,14,16H2,(H,27,30)/t19-/m0/s1. The van der Waals surface area contributed by atoms with Crippen molar-refractivity contribution in [2.75, 3.05) is 13.1 Å². The van der Waals surface area contributed by atoms with E-state index in [9.17, 15) is 9.59 Å². The molecule has 30 heavy (non-hydrogen) atoms. The molecule has 6 heteroatoms. The van der Waals surface area contributed by atoms with Crippen molar-refractivity contribution in [3.05, 3.63) is 70.9 Å². The molecule has 1 aliphatic heterocycles. The molecule has 2 heterocycles. The van der Waals surface area contributed by atoms with Gasteiger partial charge >= 0.3 is 0 Å². The molecule has 1 aromatic heterocycles. The molecule has 2 aromatic carbocycles. The van der Waals surface area contributed by atoms with E-state index in [2.05, 4.69) is 16.4 Å². The topological polar surface area (TPSA) is 65.2 Å². The van der Waals surface area contributed by atoms with E-state index in [1.54, 1.807) is 0 Å². The van der Waals surface area contributed by atoms with E-state index in [-0.39, 0.29) is 17.7 Å². The average molecular weight is 424 g/mol. The molecule has 5 nitrogen and oxygen atoms in total. The van der Waals surface area contributed by atoms with Crippen LogP contribution in [0.5, 0.6) is 0 Å². The number of likely N-dealkylation sites (tertiary alicyclic amines) is 1. The molecular formula is C24H26ClN3O2. The Morgan fingerprint density at radius 3 is 2.90 bits per heavy atom. The van der Waals surface area contributed by atoms with Crippen molar-refractivity contribution in [2.45, 2.75) is 32.2 Å². The van der Waals surface area contributed by atoms with Crippen LogP contribution >= 0.6 is 11.6 Å². The van der Waals surface area contributed by atoms with E-state index in [0.29, 0.717) is 31.0 Å². The summed E-state index contributed by atoms with van der Waals surface area (Å²) in [6.45, 7) is 1.67. The lowest BCUT2D eigenvalue weighted by molar-refractivity contribution is -0.135. The Morgan fingerprint density at radius 1 is 1.17 bits per heavy atom. The highest BCUT2D eigenvalue weighted by Crippen LogP contribution is 2.21. The Kier molecular flexibility index (Phi) is 6.38. The van der Waals surface area contributed by atoms with Gasteiger partial charge in [0.1, 0.15) is 0 Å². The number of hydrogen-bond acceptors (Lipinski definition) is 2. The highest BCUT2D eigenvalue weighted by atomic mass is 35.5. The van der Waals surface area contributed by atoms with Gasteiger partial charge in [-0.05, 0) is 48.6 Å².